The number of amides is 1. The molecule has 5 nitrogen and oxygen atoms in total. The predicted octanol–water partition coefficient (Wildman–Crippen LogP) is 3.75. The van der Waals surface area contributed by atoms with E-state index in [9.17, 15) is 4.79 Å². The Balaban J connectivity index is 2.09. The molecule has 5 heteroatoms. The van der Waals surface area contributed by atoms with Gasteiger partial charge in [-0.15, -0.1) is 0 Å². The third-order valence-corrected chi connectivity index (χ3v) is 3.57. The Morgan fingerprint density at radius 3 is 2.61 bits per heavy atom. The summed E-state index contributed by atoms with van der Waals surface area (Å²) in [6.45, 7) is 5.53. The Morgan fingerprint density at radius 1 is 1.13 bits per heavy atom. The molecule has 2 rings (SSSR count). The zero-order valence-corrected chi connectivity index (χ0v) is 13.8. The number of unbranched alkanes of at least 4 members (excludes halogenated alkanes) is 2. The number of hydrogen-bond acceptors (Lipinski definition) is 4. The zero-order valence-electron chi connectivity index (χ0n) is 13.8. The predicted molar refractivity (Wildman–Crippen MR) is 93.8 cm³/mol. The van der Waals surface area contributed by atoms with Crippen molar-refractivity contribution in [1.29, 1.82) is 0 Å². The minimum Gasteiger partial charge on any atom is -0.354 e. The largest absolute Gasteiger partial charge is 0.354 e. The van der Waals surface area contributed by atoms with Gasteiger partial charge in [-0.2, -0.15) is 0 Å². The highest BCUT2D eigenvalue weighted by atomic mass is 16.2. The number of carbonyl (C=O) groups excluding carboxylic acids is 1. The van der Waals surface area contributed by atoms with Crippen molar-refractivity contribution < 1.29 is 4.79 Å². The van der Waals surface area contributed by atoms with E-state index < -0.39 is 0 Å². The van der Waals surface area contributed by atoms with Crippen LogP contribution in [0.5, 0.6) is 0 Å². The number of hydrogen-bond donors (Lipinski definition) is 1. The molecule has 2 aromatic rings. The van der Waals surface area contributed by atoms with Gasteiger partial charge in [0.2, 0.25) is 5.95 Å². The van der Waals surface area contributed by atoms with Gasteiger partial charge in [0.15, 0.2) is 0 Å². The molecular weight excluding hydrogens is 288 g/mol. The molecule has 0 fully saturated rings. The Hall–Kier alpha value is -2.43. The number of carbonyl (C=O) groups is 1. The van der Waals surface area contributed by atoms with Crippen molar-refractivity contribution in [3.05, 3.63) is 48.3 Å². The smallest absolute Gasteiger partial charge is 0.277 e. The molecule has 0 saturated heterocycles. The van der Waals surface area contributed by atoms with Crippen LogP contribution >= 0.6 is 0 Å². The lowest BCUT2D eigenvalue weighted by Crippen LogP contribution is -2.31. The quantitative estimate of drug-likeness (QED) is 0.754. The fourth-order valence-electron chi connectivity index (χ4n) is 2.33. The molecule has 23 heavy (non-hydrogen) atoms. The summed E-state index contributed by atoms with van der Waals surface area (Å²) < 4.78 is 0. The molecule has 1 aromatic carbocycles. The van der Waals surface area contributed by atoms with Gasteiger partial charge in [0.25, 0.3) is 5.91 Å². The Morgan fingerprint density at radius 2 is 1.91 bits per heavy atom. The van der Waals surface area contributed by atoms with Crippen LogP contribution in [0.3, 0.4) is 0 Å². The molecule has 0 bridgehead atoms. The summed E-state index contributed by atoms with van der Waals surface area (Å²) in [5.74, 6) is 0.397. The third kappa shape index (κ3) is 4.77. The van der Waals surface area contributed by atoms with E-state index in [2.05, 4.69) is 22.2 Å². The molecule has 1 heterocycles. The lowest BCUT2D eigenvalue weighted by Gasteiger charge is -2.20. The van der Waals surface area contributed by atoms with Crippen LogP contribution in [0.2, 0.25) is 0 Å². The summed E-state index contributed by atoms with van der Waals surface area (Å²) in [6.07, 6.45) is 5.04. The van der Waals surface area contributed by atoms with Crippen LogP contribution in [0.15, 0.2) is 42.6 Å². The van der Waals surface area contributed by atoms with E-state index in [1.54, 1.807) is 17.2 Å². The van der Waals surface area contributed by atoms with E-state index in [0.29, 0.717) is 18.2 Å². The standard InChI is InChI=1S/C18H24N4O/c1-3-5-9-13-19-18-20-14-12-16(21-18)17(23)22(4-2)15-10-7-6-8-11-15/h6-8,10-12,14H,3-5,9,13H2,1-2H3,(H,19,20,21). The Kier molecular flexibility index (Phi) is 6.54. The lowest BCUT2D eigenvalue weighted by molar-refractivity contribution is 0.0983. The summed E-state index contributed by atoms with van der Waals surface area (Å²) in [5, 5.41) is 3.18. The first-order valence-corrected chi connectivity index (χ1v) is 8.20. The van der Waals surface area contributed by atoms with Crippen LogP contribution in [-0.2, 0) is 0 Å². The highest BCUT2D eigenvalue weighted by Crippen LogP contribution is 2.16. The summed E-state index contributed by atoms with van der Waals surface area (Å²) in [6, 6.07) is 11.3. The van der Waals surface area contributed by atoms with Crippen molar-refractivity contribution in [1.82, 2.24) is 9.97 Å². The van der Waals surface area contributed by atoms with Gasteiger partial charge in [0.05, 0.1) is 0 Å². The highest BCUT2D eigenvalue weighted by molar-refractivity contribution is 6.04. The lowest BCUT2D eigenvalue weighted by atomic mass is 10.2. The summed E-state index contributed by atoms with van der Waals surface area (Å²) in [4.78, 5) is 23.0. The molecule has 1 amide bonds. The molecular formula is C18H24N4O. The summed E-state index contributed by atoms with van der Waals surface area (Å²) >= 11 is 0. The molecule has 122 valence electrons. The minimum absolute atomic E-state index is 0.113. The first-order chi connectivity index (χ1) is 11.3. The second-order valence-corrected chi connectivity index (χ2v) is 5.28. The molecule has 1 N–H and O–H groups in total. The maximum absolute atomic E-state index is 12.7. The first-order valence-electron chi connectivity index (χ1n) is 8.20. The average molecular weight is 312 g/mol. The molecule has 0 spiro atoms. The molecule has 0 aliphatic heterocycles. The molecule has 0 saturated carbocycles. The van der Waals surface area contributed by atoms with E-state index in [-0.39, 0.29) is 5.91 Å². The highest BCUT2D eigenvalue weighted by Gasteiger charge is 2.17. The number of aromatic nitrogens is 2. The zero-order chi connectivity index (χ0) is 16.5. The van der Waals surface area contributed by atoms with Gasteiger partial charge < -0.3 is 10.2 Å². The number of benzene rings is 1. The van der Waals surface area contributed by atoms with Crippen molar-refractivity contribution in [3.8, 4) is 0 Å². The molecule has 0 aliphatic carbocycles. The Labute approximate surface area is 137 Å². The topological polar surface area (TPSA) is 58.1 Å². The second kappa shape index (κ2) is 8.88. The average Bonchev–Trinajstić information content (AvgIpc) is 2.60. The van der Waals surface area contributed by atoms with E-state index >= 15 is 0 Å². The van der Waals surface area contributed by atoms with Gasteiger partial charge in [-0.25, -0.2) is 9.97 Å². The third-order valence-electron chi connectivity index (χ3n) is 3.57. The van der Waals surface area contributed by atoms with Gasteiger partial charge in [0, 0.05) is 25.0 Å². The van der Waals surface area contributed by atoms with Crippen molar-refractivity contribution in [3.63, 3.8) is 0 Å². The van der Waals surface area contributed by atoms with Crippen LogP contribution in [0, 0.1) is 0 Å². The van der Waals surface area contributed by atoms with Crippen molar-refractivity contribution >= 4 is 17.5 Å². The van der Waals surface area contributed by atoms with Gasteiger partial charge in [-0.3, -0.25) is 4.79 Å². The number of nitrogens with one attached hydrogen (secondary N) is 1. The van der Waals surface area contributed by atoms with E-state index in [0.717, 1.165) is 18.7 Å². The van der Waals surface area contributed by atoms with Gasteiger partial charge in [0.1, 0.15) is 5.69 Å². The fraction of sp³-hybridized carbons (Fsp3) is 0.389. The number of nitrogens with zero attached hydrogens (tertiary/aromatic N) is 3. The van der Waals surface area contributed by atoms with Crippen molar-refractivity contribution in [2.45, 2.75) is 33.1 Å². The molecule has 0 radical (unpaired) electrons. The Bertz CT molecular complexity index is 615. The van der Waals surface area contributed by atoms with E-state index in [4.69, 9.17) is 0 Å². The maximum Gasteiger partial charge on any atom is 0.277 e. The summed E-state index contributed by atoms with van der Waals surface area (Å²) in [5.41, 5.74) is 1.28. The molecule has 1 aromatic heterocycles. The van der Waals surface area contributed by atoms with Crippen molar-refractivity contribution in [2.75, 3.05) is 23.3 Å². The maximum atomic E-state index is 12.7. The molecule has 0 aliphatic rings. The monoisotopic (exact) mass is 312 g/mol. The minimum atomic E-state index is -0.113. The van der Waals surface area contributed by atoms with Gasteiger partial charge in [-0.1, -0.05) is 38.0 Å². The van der Waals surface area contributed by atoms with Gasteiger partial charge in [-0.05, 0) is 31.5 Å². The normalized spacial score (nSPS) is 10.3. The van der Waals surface area contributed by atoms with Crippen LogP contribution in [0.4, 0.5) is 11.6 Å². The van der Waals surface area contributed by atoms with Crippen LogP contribution < -0.4 is 10.2 Å². The fourth-order valence-corrected chi connectivity index (χ4v) is 2.33. The van der Waals surface area contributed by atoms with Gasteiger partial charge >= 0.3 is 0 Å². The molecule has 0 atom stereocenters. The first kappa shape index (κ1) is 16.9. The summed E-state index contributed by atoms with van der Waals surface area (Å²) in [7, 11) is 0. The number of anilines is 2. The number of para-hydroxylation sites is 1. The van der Waals surface area contributed by atoms with E-state index in [1.807, 2.05) is 37.3 Å². The SMILES string of the molecule is CCCCCNc1nccc(C(=O)N(CC)c2ccccc2)n1. The van der Waals surface area contributed by atoms with Crippen LogP contribution in [-0.4, -0.2) is 29.0 Å². The second-order valence-electron chi connectivity index (χ2n) is 5.28. The number of rotatable bonds is 8. The van der Waals surface area contributed by atoms with E-state index in [1.165, 1.54) is 12.8 Å². The van der Waals surface area contributed by atoms with Crippen LogP contribution in [0.25, 0.3) is 0 Å². The van der Waals surface area contributed by atoms with Crippen molar-refractivity contribution in [2.24, 2.45) is 0 Å². The molecule has 0 unspecified atom stereocenters. The van der Waals surface area contributed by atoms with Crippen LogP contribution in [0.1, 0.15) is 43.6 Å².